The maximum absolute atomic E-state index is 12.5. The lowest BCUT2D eigenvalue weighted by molar-refractivity contribution is -0.143. The van der Waals surface area contributed by atoms with E-state index in [9.17, 15) is 14.7 Å². The lowest BCUT2D eigenvalue weighted by Crippen LogP contribution is -2.55. The highest BCUT2D eigenvalue weighted by Gasteiger charge is 2.37. The normalized spacial score (nSPS) is 33.0. The number of nitrogens with one attached hydrogen (secondary N) is 1. The fourth-order valence-corrected chi connectivity index (χ4v) is 4.56. The van der Waals surface area contributed by atoms with Gasteiger partial charge < -0.3 is 15.3 Å². The number of carboxylic acid groups (broad SMARTS) is 1. The first-order valence-corrected chi connectivity index (χ1v) is 8.99. The molecule has 0 radical (unpaired) electrons. The molecule has 2 amide bonds. The zero-order valence-corrected chi connectivity index (χ0v) is 13.7. The topological polar surface area (TPSA) is 69.6 Å². The summed E-state index contributed by atoms with van der Waals surface area (Å²) in [6.45, 7) is 4.73. The summed E-state index contributed by atoms with van der Waals surface area (Å²) in [6.07, 6.45) is 4.73. The predicted molar refractivity (Wildman–Crippen MR) is 84.6 cm³/mol. The Morgan fingerprint density at radius 1 is 1.33 bits per heavy atom. The van der Waals surface area contributed by atoms with Crippen LogP contribution in [0, 0.1) is 5.92 Å². The van der Waals surface area contributed by atoms with Crippen LogP contribution < -0.4 is 5.32 Å². The summed E-state index contributed by atoms with van der Waals surface area (Å²) < 4.78 is 0. The van der Waals surface area contributed by atoms with E-state index in [0.717, 1.165) is 31.4 Å². The SMILES string of the molecule is CCSC1CCCC1NC(=O)N1CCC(C)CC1C(=O)O. The number of hydrogen-bond acceptors (Lipinski definition) is 3. The molecule has 2 aliphatic rings. The molecule has 4 atom stereocenters. The number of aliphatic carboxylic acids is 1. The van der Waals surface area contributed by atoms with Crippen LogP contribution in [0.2, 0.25) is 0 Å². The Morgan fingerprint density at radius 3 is 2.76 bits per heavy atom. The third-order valence-electron chi connectivity index (χ3n) is 4.55. The van der Waals surface area contributed by atoms with Gasteiger partial charge in [-0.05, 0) is 37.4 Å². The summed E-state index contributed by atoms with van der Waals surface area (Å²) in [5.41, 5.74) is 0. The van der Waals surface area contributed by atoms with Gasteiger partial charge in [-0.1, -0.05) is 20.3 Å². The number of piperidine rings is 1. The van der Waals surface area contributed by atoms with E-state index in [-0.39, 0.29) is 12.1 Å². The summed E-state index contributed by atoms with van der Waals surface area (Å²) in [5, 5.41) is 12.9. The lowest BCUT2D eigenvalue weighted by Gasteiger charge is -2.37. The summed E-state index contributed by atoms with van der Waals surface area (Å²) in [4.78, 5) is 25.4. The largest absolute Gasteiger partial charge is 0.480 e. The number of carbonyl (C=O) groups is 2. The zero-order chi connectivity index (χ0) is 15.4. The second-order valence-electron chi connectivity index (χ2n) is 6.16. The minimum absolute atomic E-state index is 0.191. The molecular weight excluding hydrogens is 288 g/mol. The maximum atomic E-state index is 12.5. The van der Waals surface area contributed by atoms with Crippen molar-refractivity contribution in [1.29, 1.82) is 0 Å². The standard InChI is InChI=1S/C15H26N2O3S/c1-3-21-13-6-4-5-11(13)16-15(20)17-8-7-10(2)9-12(17)14(18)19/h10-13H,3-9H2,1-2H3,(H,16,20)(H,18,19). The van der Waals surface area contributed by atoms with Crippen molar-refractivity contribution in [2.45, 2.75) is 63.3 Å². The number of thioether (sulfide) groups is 1. The van der Waals surface area contributed by atoms with Crippen LogP contribution in [-0.2, 0) is 4.79 Å². The number of hydrogen-bond donors (Lipinski definition) is 2. The highest BCUT2D eigenvalue weighted by Crippen LogP contribution is 2.30. The highest BCUT2D eigenvalue weighted by molar-refractivity contribution is 7.99. The van der Waals surface area contributed by atoms with Crippen molar-refractivity contribution in [3.8, 4) is 0 Å². The zero-order valence-electron chi connectivity index (χ0n) is 12.9. The molecule has 2 rings (SSSR count). The number of carboxylic acids is 1. The third kappa shape index (κ3) is 4.05. The van der Waals surface area contributed by atoms with Gasteiger partial charge in [0.1, 0.15) is 6.04 Å². The van der Waals surface area contributed by atoms with Crippen LogP contribution in [0.5, 0.6) is 0 Å². The molecule has 5 nitrogen and oxygen atoms in total. The van der Waals surface area contributed by atoms with Gasteiger partial charge in [0.25, 0.3) is 0 Å². The van der Waals surface area contributed by atoms with Gasteiger partial charge in [0.2, 0.25) is 0 Å². The molecule has 1 aliphatic heterocycles. The van der Waals surface area contributed by atoms with Gasteiger partial charge in [-0.3, -0.25) is 0 Å². The number of nitrogens with zero attached hydrogens (tertiary/aromatic N) is 1. The van der Waals surface area contributed by atoms with Crippen molar-refractivity contribution >= 4 is 23.8 Å². The van der Waals surface area contributed by atoms with Crippen LogP contribution in [0.15, 0.2) is 0 Å². The van der Waals surface area contributed by atoms with Gasteiger partial charge in [-0.25, -0.2) is 9.59 Å². The van der Waals surface area contributed by atoms with Crippen molar-refractivity contribution in [3.63, 3.8) is 0 Å². The first kappa shape index (κ1) is 16.5. The van der Waals surface area contributed by atoms with E-state index in [4.69, 9.17) is 0 Å². The third-order valence-corrected chi connectivity index (χ3v) is 5.88. The van der Waals surface area contributed by atoms with Gasteiger partial charge in [0.05, 0.1) is 0 Å². The monoisotopic (exact) mass is 314 g/mol. The van der Waals surface area contributed by atoms with Crippen molar-refractivity contribution in [3.05, 3.63) is 0 Å². The number of amides is 2. The molecule has 1 saturated heterocycles. The van der Waals surface area contributed by atoms with Crippen molar-refractivity contribution < 1.29 is 14.7 Å². The van der Waals surface area contributed by atoms with Gasteiger partial charge >= 0.3 is 12.0 Å². The Hall–Kier alpha value is -0.910. The van der Waals surface area contributed by atoms with Gasteiger partial charge in [0, 0.05) is 17.8 Å². The number of carbonyl (C=O) groups excluding carboxylic acids is 1. The van der Waals surface area contributed by atoms with E-state index >= 15 is 0 Å². The average molecular weight is 314 g/mol. The van der Waals surface area contributed by atoms with Crippen molar-refractivity contribution in [2.24, 2.45) is 5.92 Å². The Morgan fingerprint density at radius 2 is 2.10 bits per heavy atom. The molecule has 4 unspecified atom stereocenters. The number of urea groups is 1. The Kier molecular flexibility index (Phi) is 5.79. The molecule has 1 heterocycles. The minimum atomic E-state index is -0.886. The molecular formula is C15H26N2O3S. The van der Waals surface area contributed by atoms with Crippen molar-refractivity contribution in [2.75, 3.05) is 12.3 Å². The molecule has 0 aromatic rings. The molecule has 0 bridgehead atoms. The number of rotatable bonds is 4. The molecule has 21 heavy (non-hydrogen) atoms. The minimum Gasteiger partial charge on any atom is -0.480 e. The summed E-state index contributed by atoms with van der Waals surface area (Å²) in [5.74, 6) is 0.531. The molecule has 2 N–H and O–H groups in total. The second-order valence-corrected chi connectivity index (χ2v) is 7.67. The summed E-state index contributed by atoms with van der Waals surface area (Å²) in [7, 11) is 0. The molecule has 0 aromatic heterocycles. The Balaban J connectivity index is 1.96. The molecule has 0 spiro atoms. The Labute approximate surface area is 130 Å². The average Bonchev–Trinajstić information content (AvgIpc) is 2.86. The summed E-state index contributed by atoms with van der Waals surface area (Å²) in [6, 6.07) is -0.674. The molecule has 6 heteroatoms. The van der Waals surface area contributed by atoms with Crippen LogP contribution in [0.3, 0.4) is 0 Å². The van der Waals surface area contributed by atoms with E-state index in [1.54, 1.807) is 0 Å². The van der Waals surface area contributed by atoms with Crippen LogP contribution in [0.4, 0.5) is 4.79 Å². The van der Waals surface area contributed by atoms with E-state index in [1.165, 1.54) is 4.90 Å². The fraction of sp³-hybridized carbons (Fsp3) is 0.867. The molecule has 1 saturated carbocycles. The summed E-state index contributed by atoms with van der Waals surface area (Å²) >= 11 is 1.89. The van der Waals surface area contributed by atoms with E-state index < -0.39 is 12.0 Å². The molecule has 1 aliphatic carbocycles. The second kappa shape index (κ2) is 7.38. The van der Waals surface area contributed by atoms with Gasteiger partial charge in [-0.15, -0.1) is 0 Å². The maximum Gasteiger partial charge on any atom is 0.326 e. The first-order chi connectivity index (χ1) is 10.0. The quantitative estimate of drug-likeness (QED) is 0.836. The molecule has 0 aromatic carbocycles. The van der Waals surface area contributed by atoms with Crippen LogP contribution in [0.25, 0.3) is 0 Å². The van der Waals surface area contributed by atoms with Crippen molar-refractivity contribution in [1.82, 2.24) is 10.2 Å². The van der Waals surface area contributed by atoms with Gasteiger partial charge in [-0.2, -0.15) is 11.8 Å². The predicted octanol–water partition coefficient (Wildman–Crippen LogP) is 2.56. The Bertz CT molecular complexity index is 391. The highest BCUT2D eigenvalue weighted by atomic mass is 32.2. The first-order valence-electron chi connectivity index (χ1n) is 7.94. The van der Waals surface area contributed by atoms with E-state index in [1.807, 2.05) is 11.8 Å². The van der Waals surface area contributed by atoms with Crippen LogP contribution in [-0.4, -0.2) is 51.6 Å². The van der Waals surface area contributed by atoms with Crippen LogP contribution >= 0.6 is 11.8 Å². The lowest BCUT2D eigenvalue weighted by atomic mass is 9.93. The van der Waals surface area contributed by atoms with E-state index in [2.05, 4.69) is 19.2 Å². The number of likely N-dealkylation sites (tertiary alicyclic amines) is 1. The fourth-order valence-electron chi connectivity index (χ4n) is 3.36. The molecule has 120 valence electrons. The van der Waals surface area contributed by atoms with E-state index in [0.29, 0.717) is 24.1 Å². The molecule has 2 fully saturated rings. The van der Waals surface area contributed by atoms with Crippen LogP contribution in [0.1, 0.15) is 46.0 Å². The van der Waals surface area contributed by atoms with Gasteiger partial charge in [0.15, 0.2) is 0 Å². The smallest absolute Gasteiger partial charge is 0.326 e.